The number of hydrogen-bond donors (Lipinski definition) is 1. The van der Waals surface area contributed by atoms with Crippen LogP contribution in [0.4, 0.5) is 0 Å². The summed E-state index contributed by atoms with van der Waals surface area (Å²) in [7, 11) is 0. The maximum atomic E-state index is 13.9. The summed E-state index contributed by atoms with van der Waals surface area (Å²) < 4.78 is 8.69. The van der Waals surface area contributed by atoms with Crippen LogP contribution < -0.4 is 4.74 Å². The predicted octanol–water partition coefficient (Wildman–Crippen LogP) is 9.14. The molecule has 0 atom stereocenters. The molecule has 0 saturated carbocycles. The van der Waals surface area contributed by atoms with Gasteiger partial charge < -0.3 is 14.2 Å². The van der Waals surface area contributed by atoms with Crippen LogP contribution in [0.2, 0.25) is 0 Å². The summed E-state index contributed by atoms with van der Waals surface area (Å²) >= 11 is 0. The second-order valence-electron chi connectivity index (χ2n) is 12.8. The zero-order valence-electron chi connectivity index (χ0n) is 26.7. The summed E-state index contributed by atoms with van der Waals surface area (Å²) in [6.07, 6.45) is 4.79. The van der Waals surface area contributed by atoms with Crippen LogP contribution in [-0.2, 0) is 24.1 Å². The Kier molecular flexibility index (Phi) is 10.2. The van der Waals surface area contributed by atoms with Crippen LogP contribution in [0.1, 0.15) is 90.5 Å². The standard InChI is InChI=1S/C40H43NO4/c1-27(2)23-29-14-18-31(19-15-29)40(32-20-16-30(17-21-32)24-28(3)4)45-35-11-7-9-33(25-35)39(44)36-26-34(10-8-13-38(42)43)41-22-6-5-12-37(36)41/h5-7,9,11-12,14-22,25-28,40H,8,10,13,23-24H2,1-4H3,(H,42,43). The van der Waals surface area contributed by atoms with Crippen molar-refractivity contribution < 1.29 is 19.4 Å². The van der Waals surface area contributed by atoms with Gasteiger partial charge in [-0.3, -0.25) is 9.59 Å². The first-order chi connectivity index (χ1) is 21.7. The molecule has 5 aromatic rings. The van der Waals surface area contributed by atoms with Crippen molar-refractivity contribution in [2.45, 2.75) is 65.9 Å². The largest absolute Gasteiger partial charge is 0.481 e. The Bertz CT molecular complexity index is 1690. The Labute approximate surface area is 266 Å². The molecule has 0 bridgehead atoms. The Hall–Kier alpha value is -4.64. The molecule has 0 aliphatic heterocycles. The van der Waals surface area contributed by atoms with E-state index in [1.54, 1.807) is 0 Å². The van der Waals surface area contributed by atoms with E-state index in [4.69, 9.17) is 9.84 Å². The summed E-state index contributed by atoms with van der Waals surface area (Å²) in [4.78, 5) is 25.0. The van der Waals surface area contributed by atoms with Crippen LogP contribution in [0, 0.1) is 11.8 Å². The number of carbonyl (C=O) groups excluding carboxylic acids is 1. The number of aliphatic carboxylic acids is 1. The number of carboxylic acids is 1. The highest BCUT2D eigenvalue weighted by molar-refractivity contribution is 6.13. The van der Waals surface area contributed by atoms with Crippen molar-refractivity contribution in [3.63, 3.8) is 0 Å². The Morgan fingerprint density at radius 2 is 1.38 bits per heavy atom. The van der Waals surface area contributed by atoms with Gasteiger partial charge in [-0.15, -0.1) is 0 Å². The molecule has 3 aromatic carbocycles. The number of nitrogens with zero attached hydrogens (tertiary/aromatic N) is 1. The van der Waals surface area contributed by atoms with E-state index in [0.29, 0.717) is 41.6 Å². The van der Waals surface area contributed by atoms with E-state index in [9.17, 15) is 9.59 Å². The minimum Gasteiger partial charge on any atom is -0.481 e. The maximum absolute atomic E-state index is 13.9. The highest BCUT2D eigenvalue weighted by atomic mass is 16.5. The first-order valence-corrected chi connectivity index (χ1v) is 16.0. The zero-order valence-corrected chi connectivity index (χ0v) is 26.7. The van der Waals surface area contributed by atoms with Crippen LogP contribution in [0.5, 0.6) is 5.75 Å². The third kappa shape index (κ3) is 8.10. The number of aromatic nitrogens is 1. The molecule has 0 amide bonds. The first kappa shape index (κ1) is 31.8. The molecule has 0 aliphatic rings. The molecule has 0 saturated heterocycles. The lowest BCUT2D eigenvalue weighted by Gasteiger charge is -2.21. The van der Waals surface area contributed by atoms with Crippen LogP contribution >= 0.6 is 0 Å². The second-order valence-corrected chi connectivity index (χ2v) is 12.8. The summed E-state index contributed by atoms with van der Waals surface area (Å²) in [5.41, 5.74) is 7.57. The molecule has 1 N–H and O–H groups in total. The maximum Gasteiger partial charge on any atom is 0.303 e. The van der Waals surface area contributed by atoms with Gasteiger partial charge >= 0.3 is 5.97 Å². The smallest absolute Gasteiger partial charge is 0.303 e. The molecule has 232 valence electrons. The monoisotopic (exact) mass is 601 g/mol. The van der Waals surface area contributed by atoms with Gasteiger partial charge in [0, 0.05) is 29.4 Å². The fraction of sp³-hybridized carbons (Fsp3) is 0.300. The van der Waals surface area contributed by atoms with Crippen molar-refractivity contribution in [2.75, 3.05) is 0 Å². The Morgan fingerprint density at radius 1 is 0.756 bits per heavy atom. The van der Waals surface area contributed by atoms with Gasteiger partial charge in [-0.05, 0) is 90.1 Å². The molecule has 5 rings (SSSR count). The first-order valence-electron chi connectivity index (χ1n) is 16.0. The summed E-state index contributed by atoms with van der Waals surface area (Å²) in [5, 5.41) is 9.09. The van der Waals surface area contributed by atoms with Crippen molar-refractivity contribution in [3.05, 3.63) is 142 Å². The Balaban J connectivity index is 1.44. The van der Waals surface area contributed by atoms with E-state index < -0.39 is 5.97 Å². The number of aryl methyl sites for hydroxylation is 1. The lowest BCUT2D eigenvalue weighted by atomic mass is 9.95. The van der Waals surface area contributed by atoms with E-state index in [0.717, 1.165) is 35.2 Å². The predicted molar refractivity (Wildman–Crippen MR) is 180 cm³/mol. The van der Waals surface area contributed by atoms with E-state index in [-0.39, 0.29) is 18.3 Å². The number of rotatable bonds is 14. The zero-order chi connectivity index (χ0) is 31.9. The van der Waals surface area contributed by atoms with Gasteiger partial charge in [0.2, 0.25) is 0 Å². The molecule has 0 spiro atoms. The third-order valence-electron chi connectivity index (χ3n) is 8.03. The molecule has 0 aliphatic carbocycles. The van der Waals surface area contributed by atoms with E-state index in [2.05, 4.69) is 76.2 Å². The minimum absolute atomic E-state index is 0.0881. The van der Waals surface area contributed by atoms with Gasteiger partial charge in [-0.1, -0.05) is 94.4 Å². The molecular formula is C40H43NO4. The normalized spacial score (nSPS) is 11.5. The van der Waals surface area contributed by atoms with Crippen LogP contribution in [-0.4, -0.2) is 21.3 Å². The quantitative estimate of drug-likeness (QED) is 0.129. The fourth-order valence-electron chi connectivity index (χ4n) is 5.95. The highest BCUT2D eigenvalue weighted by Gasteiger charge is 2.20. The lowest BCUT2D eigenvalue weighted by molar-refractivity contribution is -0.137. The highest BCUT2D eigenvalue weighted by Crippen LogP contribution is 2.31. The number of hydrogen-bond acceptors (Lipinski definition) is 3. The summed E-state index contributed by atoms with van der Waals surface area (Å²) in [6, 6.07) is 32.4. The number of pyridine rings is 1. The molecule has 2 aromatic heterocycles. The summed E-state index contributed by atoms with van der Waals surface area (Å²) in [5.74, 6) is 0.862. The lowest BCUT2D eigenvalue weighted by Crippen LogP contribution is -2.11. The molecule has 0 radical (unpaired) electrons. The van der Waals surface area contributed by atoms with Crippen molar-refractivity contribution >= 4 is 17.3 Å². The third-order valence-corrected chi connectivity index (χ3v) is 8.03. The van der Waals surface area contributed by atoms with Crippen LogP contribution in [0.3, 0.4) is 0 Å². The number of carbonyl (C=O) groups is 2. The van der Waals surface area contributed by atoms with Crippen molar-refractivity contribution in [3.8, 4) is 5.75 Å². The SMILES string of the molecule is CC(C)Cc1ccc(C(Oc2cccc(C(=O)c3cc(CCCC(=O)O)n4ccccc34)c2)c2ccc(CC(C)C)cc2)cc1. The topological polar surface area (TPSA) is 68.0 Å². The van der Waals surface area contributed by atoms with Crippen LogP contribution in [0.25, 0.3) is 5.52 Å². The molecule has 2 heterocycles. The Morgan fingerprint density at radius 3 is 1.96 bits per heavy atom. The number of fused-ring (bicyclic) bond motifs is 1. The number of carboxylic acid groups (broad SMARTS) is 1. The van der Waals surface area contributed by atoms with Gasteiger partial charge in [-0.25, -0.2) is 0 Å². The van der Waals surface area contributed by atoms with Crippen molar-refractivity contribution in [1.29, 1.82) is 0 Å². The van der Waals surface area contributed by atoms with E-state index in [1.807, 2.05) is 59.1 Å². The van der Waals surface area contributed by atoms with E-state index >= 15 is 0 Å². The number of benzene rings is 3. The molecular weight excluding hydrogens is 558 g/mol. The van der Waals surface area contributed by atoms with Crippen molar-refractivity contribution in [1.82, 2.24) is 4.40 Å². The number of ketones is 1. The molecule has 0 unspecified atom stereocenters. The van der Waals surface area contributed by atoms with Gasteiger partial charge in [0.05, 0.1) is 5.52 Å². The van der Waals surface area contributed by atoms with Gasteiger partial charge in [-0.2, -0.15) is 0 Å². The van der Waals surface area contributed by atoms with Gasteiger partial charge in [0.25, 0.3) is 0 Å². The average Bonchev–Trinajstić information content (AvgIpc) is 3.38. The molecule has 5 heteroatoms. The average molecular weight is 602 g/mol. The van der Waals surface area contributed by atoms with E-state index in [1.165, 1.54) is 11.1 Å². The second kappa shape index (κ2) is 14.4. The fourth-order valence-corrected chi connectivity index (χ4v) is 5.95. The van der Waals surface area contributed by atoms with Crippen molar-refractivity contribution in [2.24, 2.45) is 11.8 Å². The molecule has 0 fully saturated rings. The van der Waals surface area contributed by atoms with Crippen LogP contribution in [0.15, 0.2) is 103 Å². The van der Waals surface area contributed by atoms with Gasteiger partial charge in [0.1, 0.15) is 11.9 Å². The van der Waals surface area contributed by atoms with Gasteiger partial charge in [0.15, 0.2) is 5.78 Å². The minimum atomic E-state index is -0.819. The number of ether oxygens (including phenoxy) is 1. The summed E-state index contributed by atoms with van der Waals surface area (Å²) in [6.45, 7) is 8.90. The molecule has 5 nitrogen and oxygen atoms in total. The molecule has 45 heavy (non-hydrogen) atoms.